The highest BCUT2D eigenvalue weighted by molar-refractivity contribution is 5.73. The van der Waals surface area contributed by atoms with Gasteiger partial charge in [0, 0.05) is 45.3 Å². The summed E-state index contributed by atoms with van der Waals surface area (Å²) in [6, 6.07) is 2.83. The molecule has 100 valence electrons. The number of carbonyl (C=O) groups is 1. The molecule has 1 N–H and O–H groups in total. The van der Waals surface area contributed by atoms with Crippen LogP contribution in [0, 0.1) is 0 Å². The Kier molecular flexibility index (Phi) is 4.01. The van der Waals surface area contributed by atoms with Crippen LogP contribution in [0.1, 0.15) is 38.4 Å². The van der Waals surface area contributed by atoms with Crippen molar-refractivity contribution in [2.24, 2.45) is 7.05 Å². The van der Waals surface area contributed by atoms with Crippen LogP contribution in [0.3, 0.4) is 0 Å². The monoisotopic (exact) mass is 250 g/mol. The SMILES string of the molecule is CC(=O)N1CCC(NC(C)c2ccnn2C)CC1. The lowest BCUT2D eigenvalue weighted by molar-refractivity contribution is -0.129. The fraction of sp³-hybridized carbons (Fsp3) is 0.692. The molecule has 0 saturated carbocycles. The van der Waals surface area contributed by atoms with Crippen LogP contribution in [-0.2, 0) is 11.8 Å². The predicted molar refractivity (Wildman–Crippen MR) is 70.0 cm³/mol. The molecule has 0 bridgehead atoms. The van der Waals surface area contributed by atoms with Crippen molar-refractivity contribution in [3.05, 3.63) is 18.0 Å². The number of likely N-dealkylation sites (tertiary alicyclic amines) is 1. The summed E-state index contributed by atoms with van der Waals surface area (Å²) in [4.78, 5) is 13.2. The standard InChI is InChI=1S/C13H22N4O/c1-10(13-4-7-14-16(13)3)15-12-5-8-17(9-6-12)11(2)18/h4,7,10,12,15H,5-6,8-9H2,1-3H3. The van der Waals surface area contributed by atoms with E-state index < -0.39 is 0 Å². The maximum absolute atomic E-state index is 11.3. The van der Waals surface area contributed by atoms with Crippen molar-refractivity contribution in [1.82, 2.24) is 20.0 Å². The van der Waals surface area contributed by atoms with Crippen LogP contribution < -0.4 is 5.32 Å². The number of aryl methyl sites for hydroxylation is 1. The molecule has 1 aromatic heterocycles. The van der Waals surface area contributed by atoms with Gasteiger partial charge in [-0.15, -0.1) is 0 Å². The first-order valence-corrected chi connectivity index (χ1v) is 6.57. The van der Waals surface area contributed by atoms with E-state index in [4.69, 9.17) is 0 Å². The van der Waals surface area contributed by atoms with Gasteiger partial charge in [0.2, 0.25) is 5.91 Å². The van der Waals surface area contributed by atoms with E-state index in [0.29, 0.717) is 12.1 Å². The van der Waals surface area contributed by atoms with Gasteiger partial charge in [0.15, 0.2) is 0 Å². The summed E-state index contributed by atoms with van der Waals surface area (Å²) in [6.07, 6.45) is 3.88. The Labute approximate surface area is 108 Å². The van der Waals surface area contributed by atoms with E-state index in [-0.39, 0.29) is 5.91 Å². The van der Waals surface area contributed by atoms with Crippen molar-refractivity contribution in [3.8, 4) is 0 Å². The molecule has 1 aliphatic heterocycles. The van der Waals surface area contributed by atoms with Gasteiger partial charge >= 0.3 is 0 Å². The first-order valence-electron chi connectivity index (χ1n) is 6.57. The van der Waals surface area contributed by atoms with Crippen LogP contribution in [-0.4, -0.2) is 39.7 Å². The molecule has 0 aromatic carbocycles. The molecule has 2 rings (SSSR count). The van der Waals surface area contributed by atoms with E-state index in [1.165, 1.54) is 5.69 Å². The molecule has 1 unspecified atom stereocenters. The second kappa shape index (κ2) is 5.52. The quantitative estimate of drug-likeness (QED) is 0.873. The van der Waals surface area contributed by atoms with Gasteiger partial charge < -0.3 is 10.2 Å². The summed E-state index contributed by atoms with van der Waals surface area (Å²) >= 11 is 0. The zero-order chi connectivity index (χ0) is 13.1. The fourth-order valence-electron chi connectivity index (χ4n) is 2.61. The van der Waals surface area contributed by atoms with Gasteiger partial charge in [-0.1, -0.05) is 0 Å². The van der Waals surface area contributed by atoms with Crippen LogP contribution in [0.15, 0.2) is 12.3 Å². The molecule has 0 aliphatic carbocycles. The van der Waals surface area contributed by atoms with Crippen molar-refractivity contribution in [2.75, 3.05) is 13.1 Å². The van der Waals surface area contributed by atoms with Crippen LogP contribution in [0.2, 0.25) is 0 Å². The van der Waals surface area contributed by atoms with Gasteiger partial charge in [0.05, 0.1) is 5.69 Å². The molecule has 2 heterocycles. The number of piperidine rings is 1. The Bertz CT molecular complexity index is 407. The van der Waals surface area contributed by atoms with E-state index in [1.54, 1.807) is 6.92 Å². The van der Waals surface area contributed by atoms with Crippen LogP contribution in [0.25, 0.3) is 0 Å². The molecule has 18 heavy (non-hydrogen) atoms. The molecular weight excluding hydrogens is 228 g/mol. The van der Waals surface area contributed by atoms with Crippen LogP contribution in [0.4, 0.5) is 0 Å². The Morgan fingerprint density at radius 2 is 2.17 bits per heavy atom. The van der Waals surface area contributed by atoms with Crippen molar-refractivity contribution in [1.29, 1.82) is 0 Å². The summed E-state index contributed by atoms with van der Waals surface area (Å²) in [5.74, 6) is 0.188. The van der Waals surface area contributed by atoms with Crippen LogP contribution in [0.5, 0.6) is 0 Å². The summed E-state index contributed by atoms with van der Waals surface area (Å²) in [7, 11) is 1.96. The smallest absolute Gasteiger partial charge is 0.219 e. The molecule has 0 radical (unpaired) electrons. The van der Waals surface area contributed by atoms with E-state index in [2.05, 4.69) is 17.3 Å². The third-order valence-corrected chi connectivity index (χ3v) is 3.73. The predicted octanol–water partition coefficient (Wildman–Crippen LogP) is 1.08. The van der Waals surface area contributed by atoms with E-state index in [0.717, 1.165) is 25.9 Å². The van der Waals surface area contributed by atoms with Gasteiger partial charge in [-0.25, -0.2) is 0 Å². The topological polar surface area (TPSA) is 50.2 Å². The zero-order valence-corrected chi connectivity index (χ0v) is 11.4. The number of nitrogens with zero attached hydrogens (tertiary/aromatic N) is 3. The zero-order valence-electron chi connectivity index (χ0n) is 11.4. The first-order chi connectivity index (χ1) is 8.58. The van der Waals surface area contributed by atoms with Gasteiger partial charge in [-0.05, 0) is 25.8 Å². The highest BCUT2D eigenvalue weighted by atomic mass is 16.2. The van der Waals surface area contributed by atoms with Gasteiger partial charge in [-0.3, -0.25) is 9.48 Å². The number of carbonyl (C=O) groups excluding carboxylic acids is 1. The van der Waals surface area contributed by atoms with E-state index >= 15 is 0 Å². The molecule has 5 nitrogen and oxygen atoms in total. The number of amides is 1. The minimum Gasteiger partial charge on any atom is -0.343 e. The second-order valence-electron chi connectivity index (χ2n) is 5.05. The number of hydrogen-bond donors (Lipinski definition) is 1. The van der Waals surface area contributed by atoms with Gasteiger partial charge in [-0.2, -0.15) is 5.10 Å². The molecule has 1 atom stereocenters. The highest BCUT2D eigenvalue weighted by Gasteiger charge is 2.22. The minimum atomic E-state index is 0.188. The maximum atomic E-state index is 11.3. The first kappa shape index (κ1) is 13.1. The largest absolute Gasteiger partial charge is 0.343 e. The van der Waals surface area contributed by atoms with E-state index in [1.807, 2.05) is 28.9 Å². The molecule has 0 spiro atoms. The molecule has 1 aromatic rings. The highest BCUT2D eigenvalue weighted by Crippen LogP contribution is 2.16. The fourth-order valence-corrected chi connectivity index (χ4v) is 2.61. The minimum absolute atomic E-state index is 0.188. The lowest BCUT2D eigenvalue weighted by Crippen LogP contribution is -2.45. The van der Waals surface area contributed by atoms with Crippen LogP contribution >= 0.6 is 0 Å². The summed E-state index contributed by atoms with van der Waals surface area (Å²) < 4.78 is 1.91. The number of nitrogens with one attached hydrogen (secondary N) is 1. The Morgan fingerprint density at radius 3 is 2.67 bits per heavy atom. The van der Waals surface area contributed by atoms with E-state index in [9.17, 15) is 4.79 Å². The molecule has 1 aliphatic rings. The molecule has 1 amide bonds. The maximum Gasteiger partial charge on any atom is 0.219 e. The van der Waals surface area contributed by atoms with Crippen molar-refractivity contribution >= 4 is 5.91 Å². The third kappa shape index (κ3) is 2.90. The number of hydrogen-bond acceptors (Lipinski definition) is 3. The molecular formula is C13H22N4O. The number of rotatable bonds is 3. The Morgan fingerprint density at radius 1 is 1.50 bits per heavy atom. The van der Waals surface area contributed by atoms with Crippen molar-refractivity contribution < 1.29 is 4.79 Å². The third-order valence-electron chi connectivity index (χ3n) is 3.73. The van der Waals surface area contributed by atoms with Gasteiger partial charge in [0.25, 0.3) is 0 Å². The van der Waals surface area contributed by atoms with Crippen molar-refractivity contribution in [3.63, 3.8) is 0 Å². The summed E-state index contributed by atoms with van der Waals surface area (Å²) in [5.41, 5.74) is 1.20. The Hall–Kier alpha value is -1.36. The second-order valence-corrected chi connectivity index (χ2v) is 5.05. The lowest BCUT2D eigenvalue weighted by atomic mass is 10.0. The average Bonchev–Trinajstić information content (AvgIpc) is 2.76. The average molecular weight is 250 g/mol. The van der Waals surface area contributed by atoms with Gasteiger partial charge in [0.1, 0.15) is 0 Å². The molecule has 1 saturated heterocycles. The normalized spacial score (nSPS) is 18.9. The summed E-state index contributed by atoms with van der Waals surface area (Å²) in [6.45, 7) is 5.54. The van der Waals surface area contributed by atoms with Crippen molar-refractivity contribution in [2.45, 2.75) is 38.8 Å². The summed E-state index contributed by atoms with van der Waals surface area (Å²) in [5, 5.41) is 7.81. The Balaban J connectivity index is 1.85. The number of aromatic nitrogens is 2. The lowest BCUT2D eigenvalue weighted by Gasteiger charge is -2.33. The molecule has 1 fully saturated rings. The molecule has 5 heteroatoms.